The summed E-state index contributed by atoms with van der Waals surface area (Å²) < 4.78 is 1.96. The monoisotopic (exact) mass is 257 g/mol. The van der Waals surface area contributed by atoms with Gasteiger partial charge in [0.05, 0.1) is 11.8 Å². The molecule has 0 fully saturated rings. The predicted octanol–water partition coefficient (Wildman–Crippen LogP) is 1.93. The first-order valence-electron chi connectivity index (χ1n) is 4.90. The highest BCUT2D eigenvalue weighted by Crippen LogP contribution is 2.21. The van der Waals surface area contributed by atoms with Crippen LogP contribution in [-0.4, -0.2) is 36.6 Å². The van der Waals surface area contributed by atoms with E-state index in [0.717, 1.165) is 28.7 Å². The van der Waals surface area contributed by atoms with Gasteiger partial charge in [-0.05, 0) is 6.42 Å². The van der Waals surface area contributed by atoms with E-state index in [1.54, 1.807) is 24.2 Å². The number of halogens is 1. The lowest BCUT2D eigenvalue weighted by Gasteiger charge is -2.00. The van der Waals surface area contributed by atoms with Crippen molar-refractivity contribution in [2.45, 2.75) is 11.6 Å². The largest absolute Gasteiger partial charge is 0.305 e. The van der Waals surface area contributed by atoms with Crippen molar-refractivity contribution in [1.29, 1.82) is 0 Å². The van der Waals surface area contributed by atoms with Crippen LogP contribution in [-0.2, 0) is 7.05 Å². The zero-order valence-corrected chi connectivity index (χ0v) is 10.4. The molecule has 0 aliphatic carbocycles. The zero-order valence-electron chi connectivity index (χ0n) is 8.85. The summed E-state index contributed by atoms with van der Waals surface area (Å²) in [7, 11) is 1.95. The minimum atomic E-state index is 0.680. The summed E-state index contributed by atoms with van der Waals surface area (Å²) in [5, 5.41) is 15.8. The van der Waals surface area contributed by atoms with Crippen molar-refractivity contribution < 1.29 is 0 Å². The first-order chi connectivity index (χ1) is 7.83. The highest BCUT2D eigenvalue weighted by molar-refractivity contribution is 7.99. The molecule has 2 rings (SSSR count). The topological polar surface area (TPSA) is 59.4 Å². The Morgan fingerprint density at radius 3 is 3.06 bits per heavy atom. The number of H-pyrrole nitrogens is 1. The third-order valence-corrected chi connectivity index (χ3v) is 3.47. The maximum absolute atomic E-state index is 5.63. The molecule has 5 nitrogen and oxygen atoms in total. The van der Waals surface area contributed by atoms with Crippen molar-refractivity contribution in [3.8, 4) is 11.4 Å². The van der Waals surface area contributed by atoms with Gasteiger partial charge in [0.15, 0.2) is 11.0 Å². The minimum absolute atomic E-state index is 0.680. The van der Waals surface area contributed by atoms with Crippen LogP contribution in [0.1, 0.15) is 6.42 Å². The van der Waals surface area contributed by atoms with Gasteiger partial charge < -0.3 is 4.57 Å². The molecule has 0 aliphatic heterocycles. The lowest BCUT2D eigenvalue weighted by Crippen LogP contribution is -1.94. The fraction of sp³-hybridized carbons (Fsp3) is 0.444. The normalized spacial score (nSPS) is 10.9. The Hall–Kier alpha value is -1.01. The summed E-state index contributed by atoms with van der Waals surface area (Å²) in [5.74, 6) is 2.46. The molecule has 0 saturated heterocycles. The van der Waals surface area contributed by atoms with Gasteiger partial charge in [-0.2, -0.15) is 5.10 Å². The Morgan fingerprint density at radius 1 is 1.50 bits per heavy atom. The third kappa shape index (κ3) is 2.38. The molecular formula is C9H12ClN5S. The second-order valence-electron chi connectivity index (χ2n) is 3.24. The van der Waals surface area contributed by atoms with E-state index in [4.69, 9.17) is 11.6 Å². The summed E-state index contributed by atoms with van der Waals surface area (Å²) in [6, 6.07) is 0. The zero-order chi connectivity index (χ0) is 11.4. The smallest absolute Gasteiger partial charge is 0.191 e. The molecule has 0 spiro atoms. The molecule has 2 aromatic rings. The van der Waals surface area contributed by atoms with E-state index < -0.39 is 0 Å². The molecule has 2 heterocycles. The van der Waals surface area contributed by atoms with Gasteiger partial charge in [-0.25, -0.2) is 0 Å². The third-order valence-electron chi connectivity index (χ3n) is 2.10. The van der Waals surface area contributed by atoms with E-state index in [-0.39, 0.29) is 0 Å². The number of nitrogens with zero attached hydrogens (tertiary/aromatic N) is 4. The van der Waals surface area contributed by atoms with Gasteiger partial charge in [0.2, 0.25) is 0 Å². The molecule has 0 aromatic carbocycles. The van der Waals surface area contributed by atoms with E-state index in [9.17, 15) is 0 Å². The second kappa shape index (κ2) is 5.36. The van der Waals surface area contributed by atoms with E-state index in [1.807, 2.05) is 11.6 Å². The molecule has 0 bridgehead atoms. The number of aromatic amines is 1. The van der Waals surface area contributed by atoms with Crippen LogP contribution in [0, 0.1) is 0 Å². The first kappa shape index (κ1) is 11.5. The summed E-state index contributed by atoms with van der Waals surface area (Å²) in [6.45, 7) is 0. The number of thioether (sulfide) groups is 1. The highest BCUT2D eigenvalue weighted by Gasteiger charge is 2.11. The Balaban J connectivity index is 2.12. The summed E-state index contributed by atoms with van der Waals surface area (Å²) in [4.78, 5) is 0. The van der Waals surface area contributed by atoms with Crippen molar-refractivity contribution >= 4 is 23.4 Å². The maximum atomic E-state index is 5.63. The Morgan fingerprint density at radius 2 is 2.38 bits per heavy atom. The lowest BCUT2D eigenvalue weighted by molar-refractivity contribution is 0.793. The first-order valence-corrected chi connectivity index (χ1v) is 6.42. The van der Waals surface area contributed by atoms with Crippen molar-refractivity contribution in [1.82, 2.24) is 25.0 Å². The number of rotatable bonds is 5. The van der Waals surface area contributed by atoms with Gasteiger partial charge in [-0.1, -0.05) is 11.8 Å². The summed E-state index contributed by atoms with van der Waals surface area (Å²) in [6.07, 6.45) is 4.51. The average molecular weight is 258 g/mol. The van der Waals surface area contributed by atoms with Crippen LogP contribution in [0.25, 0.3) is 11.4 Å². The van der Waals surface area contributed by atoms with Crippen molar-refractivity contribution in [3.63, 3.8) is 0 Å². The Kier molecular flexibility index (Phi) is 3.84. The van der Waals surface area contributed by atoms with Crippen LogP contribution in [0.5, 0.6) is 0 Å². The number of nitrogens with one attached hydrogen (secondary N) is 1. The predicted molar refractivity (Wildman–Crippen MR) is 64.6 cm³/mol. The molecule has 16 heavy (non-hydrogen) atoms. The van der Waals surface area contributed by atoms with Crippen LogP contribution in [0.15, 0.2) is 17.6 Å². The Labute approximate surface area is 103 Å². The van der Waals surface area contributed by atoms with Gasteiger partial charge >= 0.3 is 0 Å². The summed E-state index contributed by atoms with van der Waals surface area (Å²) in [5.41, 5.74) is 0.944. The number of hydrogen-bond acceptors (Lipinski definition) is 4. The van der Waals surface area contributed by atoms with Gasteiger partial charge in [0.1, 0.15) is 0 Å². The van der Waals surface area contributed by atoms with Crippen LogP contribution in [0.4, 0.5) is 0 Å². The average Bonchev–Trinajstić information content (AvgIpc) is 2.89. The van der Waals surface area contributed by atoms with Crippen LogP contribution in [0.3, 0.4) is 0 Å². The van der Waals surface area contributed by atoms with E-state index in [1.165, 1.54) is 0 Å². The molecule has 0 atom stereocenters. The SMILES string of the molecule is Cn1c(SCCCCl)nnc1-c1cn[nH]c1. The second-order valence-corrected chi connectivity index (χ2v) is 4.68. The summed E-state index contributed by atoms with van der Waals surface area (Å²) >= 11 is 7.29. The molecule has 1 N–H and O–H groups in total. The standard InChI is InChI=1S/C9H12ClN5S/c1-15-8(7-5-11-12-6-7)13-14-9(15)16-4-2-3-10/h5-6H,2-4H2,1H3,(H,11,12). The maximum Gasteiger partial charge on any atom is 0.191 e. The van der Waals surface area contributed by atoms with Crippen molar-refractivity contribution in [2.24, 2.45) is 7.05 Å². The Bertz CT molecular complexity index is 439. The molecule has 0 amide bonds. The number of hydrogen-bond donors (Lipinski definition) is 1. The van der Waals surface area contributed by atoms with Gasteiger partial charge in [0, 0.05) is 24.9 Å². The van der Waals surface area contributed by atoms with E-state index in [0.29, 0.717) is 5.88 Å². The van der Waals surface area contributed by atoms with Gasteiger partial charge in [-0.15, -0.1) is 21.8 Å². The molecule has 86 valence electrons. The molecular weight excluding hydrogens is 246 g/mol. The molecule has 7 heteroatoms. The van der Waals surface area contributed by atoms with Crippen molar-refractivity contribution in [3.05, 3.63) is 12.4 Å². The van der Waals surface area contributed by atoms with E-state index >= 15 is 0 Å². The molecule has 2 aromatic heterocycles. The lowest BCUT2D eigenvalue weighted by atomic mass is 10.3. The number of aromatic nitrogens is 5. The van der Waals surface area contributed by atoms with Crippen LogP contribution >= 0.6 is 23.4 Å². The van der Waals surface area contributed by atoms with Crippen molar-refractivity contribution in [2.75, 3.05) is 11.6 Å². The van der Waals surface area contributed by atoms with Gasteiger partial charge in [0.25, 0.3) is 0 Å². The fourth-order valence-electron chi connectivity index (χ4n) is 1.28. The fourth-order valence-corrected chi connectivity index (χ4v) is 2.43. The highest BCUT2D eigenvalue weighted by atomic mass is 35.5. The molecule has 0 radical (unpaired) electrons. The quantitative estimate of drug-likeness (QED) is 0.505. The van der Waals surface area contributed by atoms with E-state index in [2.05, 4.69) is 20.4 Å². The van der Waals surface area contributed by atoms with Gasteiger partial charge in [-0.3, -0.25) is 5.10 Å². The molecule has 0 unspecified atom stereocenters. The molecule has 0 aliphatic rings. The van der Waals surface area contributed by atoms with Crippen LogP contribution < -0.4 is 0 Å². The van der Waals surface area contributed by atoms with Crippen LogP contribution in [0.2, 0.25) is 0 Å². The molecule has 0 saturated carbocycles. The number of alkyl halides is 1. The minimum Gasteiger partial charge on any atom is -0.305 e.